The minimum absolute atomic E-state index is 0.227. The lowest BCUT2D eigenvalue weighted by molar-refractivity contribution is 0.238. The zero-order valence-electron chi connectivity index (χ0n) is 16.8. The molecule has 4 rings (SSSR count). The quantitative estimate of drug-likeness (QED) is 0.431. The minimum atomic E-state index is -0.365. The van der Waals surface area contributed by atoms with Gasteiger partial charge in [-0.15, -0.1) is 0 Å². The maximum atomic E-state index is 12.6. The summed E-state index contributed by atoms with van der Waals surface area (Å²) in [6.07, 6.45) is 6.50. The van der Waals surface area contributed by atoms with Crippen LogP contribution >= 0.6 is 11.6 Å². The smallest absolute Gasteiger partial charge is 0.315 e. The first-order valence-electron chi connectivity index (χ1n) is 9.93. The Balaban J connectivity index is 1.36. The van der Waals surface area contributed by atoms with Gasteiger partial charge in [-0.2, -0.15) is 0 Å². The van der Waals surface area contributed by atoms with Gasteiger partial charge in [0.25, 0.3) is 0 Å². The molecule has 0 saturated heterocycles. The molecule has 2 amide bonds. The monoisotopic (exact) mass is 421 g/mol. The molecule has 7 heteroatoms. The Kier molecular flexibility index (Phi) is 6.05. The van der Waals surface area contributed by atoms with E-state index >= 15 is 0 Å². The molecule has 0 bridgehead atoms. The average molecular weight is 422 g/mol. The van der Waals surface area contributed by atoms with Crippen molar-refractivity contribution in [2.24, 2.45) is 7.05 Å². The number of fused-ring (bicyclic) bond motifs is 1. The molecule has 2 N–H and O–H groups in total. The summed E-state index contributed by atoms with van der Waals surface area (Å²) in [6.45, 7) is 1.42. The highest BCUT2D eigenvalue weighted by Gasteiger charge is 2.20. The van der Waals surface area contributed by atoms with E-state index < -0.39 is 0 Å². The molecule has 0 aliphatic carbocycles. The summed E-state index contributed by atoms with van der Waals surface area (Å²) in [6, 6.07) is 17.2. The molecule has 2 aromatic heterocycles. The van der Waals surface area contributed by atoms with Crippen LogP contribution < -0.4 is 10.6 Å². The Hall–Kier alpha value is -3.25. The number of benzene rings is 2. The van der Waals surface area contributed by atoms with Crippen molar-refractivity contribution < 1.29 is 4.79 Å². The molecule has 0 saturated carbocycles. The molecule has 2 heterocycles. The lowest BCUT2D eigenvalue weighted by Crippen LogP contribution is -2.39. The predicted octanol–water partition coefficient (Wildman–Crippen LogP) is 4.51. The first-order chi connectivity index (χ1) is 14.6. The normalized spacial score (nSPS) is 12.1. The van der Waals surface area contributed by atoms with Crippen molar-refractivity contribution in [1.82, 2.24) is 24.8 Å². The largest absolute Gasteiger partial charge is 0.347 e. The van der Waals surface area contributed by atoms with Crippen molar-refractivity contribution in [3.05, 3.63) is 89.6 Å². The molecule has 0 spiro atoms. The highest BCUT2D eigenvalue weighted by molar-refractivity contribution is 6.30. The number of para-hydroxylation sites is 1. The highest BCUT2D eigenvalue weighted by Crippen LogP contribution is 2.22. The second-order valence-corrected chi connectivity index (χ2v) is 7.64. The van der Waals surface area contributed by atoms with Gasteiger partial charge >= 0.3 is 6.03 Å². The molecule has 4 aromatic rings. The summed E-state index contributed by atoms with van der Waals surface area (Å²) in [5.41, 5.74) is 2.13. The molecule has 2 aromatic carbocycles. The summed E-state index contributed by atoms with van der Waals surface area (Å²) in [5.74, 6) is 0.756. The molecule has 0 aliphatic rings. The van der Waals surface area contributed by atoms with Crippen LogP contribution in [-0.4, -0.2) is 26.7 Å². The van der Waals surface area contributed by atoms with Gasteiger partial charge < -0.3 is 19.8 Å². The topological polar surface area (TPSA) is 63.9 Å². The second kappa shape index (κ2) is 9.05. The number of imidazole rings is 1. The van der Waals surface area contributed by atoms with Crippen LogP contribution in [0.1, 0.15) is 23.9 Å². The molecule has 154 valence electrons. The number of rotatable bonds is 7. The van der Waals surface area contributed by atoms with Crippen LogP contribution in [0.3, 0.4) is 0 Å². The van der Waals surface area contributed by atoms with E-state index in [0.717, 1.165) is 24.4 Å². The van der Waals surface area contributed by atoms with E-state index in [1.165, 1.54) is 10.9 Å². The van der Waals surface area contributed by atoms with Crippen molar-refractivity contribution in [1.29, 1.82) is 0 Å². The number of carbonyl (C=O) groups is 1. The van der Waals surface area contributed by atoms with E-state index in [0.29, 0.717) is 11.6 Å². The summed E-state index contributed by atoms with van der Waals surface area (Å²) < 4.78 is 4.11. The molecular formula is C23H24ClN5O. The zero-order chi connectivity index (χ0) is 20.9. The van der Waals surface area contributed by atoms with Gasteiger partial charge in [0.05, 0.1) is 0 Å². The SMILES string of the molecule is Cn1ccnc1[C@H](NC(=O)NCCCn1ccc2ccccc21)c1ccc(Cl)cc1. The van der Waals surface area contributed by atoms with Gasteiger partial charge in [0.2, 0.25) is 0 Å². The summed E-state index contributed by atoms with van der Waals surface area (Å²) in [5, 5.41) is 7.87. The van der Waals surface area contributed by atoms with Crippen molar-refractivity contribution in [2.45, 2.75) is 19.0 Å². The van der Waals surface area contributed by atoms with Crippen molar-refractivity contribution in [3.63, 3.8) is 0 Å². The van der Waals surface area contributed by atoms with E-state index in [1.807, 2.05) is 54.2 Å². The van der Waals surface area contributed by atoms with Gasteiger partial charge in [0.1, 0.15) is 11.9 Å². The number of hydrogen-bond donors (Lipinski definition) is 2. The number of aromatic nitrogens is 3. The van der Waals surface area contributed by atoms with Gasteiger partial charge in [-0.25, -0.2) is 9.78 Å². The van der Waals surface area contributed by atoms with Crippen molar-refractivity contribution in [3.8, 4) is 0 Å². The van der Waals surface area contributed by atoms with E-state index in [4.69, 9.17) is 11.6 Å². The predicted molar refractivity (Wildman–Crippen MR) is 120 cm³/mol. The van der Waals surface area contributed by atoms with Gasteiger partial charge in [0.15, 0.2) is 0 Å². The summed E-state index contributed by atoms with van der Waals surface area (Å²) in [4.78, 5) is 17.0. The van der Waals surface area contributed by atoms with Gasteiger partial charge in [0, 0.05) is 49.3 Å². The molecule has 0 unspecified atom stereocenters. The third kappa shape index (κ3) is 4.49. The number of urea groups is 1. The first kappa shape index (κ1) is 20.0. The number of aryl methyl sites for hydroxylation is 2. The summed E-state index contributed by atoms with van der Waals surface area (Å²) in [7, 11) is 1.91. The maximum absolute atomic E-state index is 12.6. The van der Waals surface area contributed by atoms with Crippen LogP contribution in [0.15, 0.2) is 73.2 Å². The Morgan fingerprint density at radius 1 is 1.10 bits per heavy atom. The second-order valence-electron chi connectivity index (χ2n) is 7.20. The zero-order valence-corrected chi connectivity index (χ0v) is 17.5. The van der Waals surface area contributed by atoms with Crippen LogP contribution in [-0.2, 0) is 13.6 Å². The number of halogens is 1. The molecule has 0 aliphatic heterocycles. The van der Waals surface area contributed by atoms with Crippen LogP contribution in [0.25, 0.3) is 10.9 Å². The van der Waals surface area contributed by atoms with E-state index in [1.54, 1.807) is 6.20 Å². The molecule has 0 radical (unpaired) electrons. The lowest BCUT2D eigenvalue weighted by Gasteiger charge is -2.19. The van der Waals surface area contributed by atoms with E-state index in [-0.39, 0.29) is 12.1 Å². The third-order valence-corrected chi connectivity index (χ3v) is 5.39. The molecule has 30 heavy (non-hydrogen) atoms. The first-order valence-corrected chi connectivity index (χ1v) is 10.3. The van der Waals surface area contributed by atoms with Crippen LogP contribution in [0, 0.1) is 0 Å². The molecular weight excluding hydrogens is 398 g/mol. The van der Waals surface area contributed by atoms with Crippen LogP contribution in [0.5, 0.6) is 0 Å². The fraction of sp³-hybridized carbons (Fsp3) is 0.217. The Morgan fingerprint density at radius 2 is 1.90 bits per heavy atom. The molecule has 6 nitrogen and oxygen atoms in total. The van der Waals surface area contributed by atoms with E-state index in [2.05, 4.69) is 44.6 Å². The average Bonchev–Trinajstić information content (AvgIpc) is 3.36. The molecule has 0 fully saturated rings. The number of nitrogens with one attached hydrogen (secondary N) is 2. The Morgan fingerprint density at radius 3 is 2.67 bits per heavy atom. The fourth-order valence-electron chi connectivity index (χ4n) is 3.58. The van der Waals surface area contributed by atoms with Crippen LogP contribution in [0.4, 0.5) is 4.79 Å². The number of carbonyl (C=O) groups excluding carboxylic acids is 1. The van der Waals surface area contributed by atoms with Gasteiger partial charge in [-0.1, -0.05) is 41.9 Å². The minimum Gasteiger partial charge on any atom is -0.347 e. The van der Waals surface area contributed by atoms with Crippen LogP contribution in [0.2, 0.25) is 5.02 Å². The Labute approximate surface area is 180 Å². The van der Waals surface area contributed by atoms with Gasteiger partial charge in [-0.3, -0.25) is 0 Å². The summed E-state index contributed by atoms with van der Waals surface area (Å²) >= 11 is 6.02. The van der Waals surface area contributed by atoms with Crippen molar-refractivity contribution in [2.75, 3.05) is 6.54 Å². The fourth-order valence-corrected chi connectivity index (χ4v) is 3.70. The lowest BCUT2D eigenvalue weighted by atomic mass is 10.1. The molecule has 1 atom stereocenters. The van der Waals surface area contributed by atoms with Gasteiger partial charge in [-0.05, 0) is 41.6 Å². The Bertz CT molecular complexity index is 1130. The maximum Gasteiger partial charge on any atom is 0.315 e. The number of nitrogens with zero attached hydrogens (tertiary/aromatic N) is 3. The third-order valence-electron chi connectivity index (χ3n) is 5.14. The van der Waals surface area contributed by atoms with E-state index in [9.17, 15) is 4.79 Å². The number of amides is 2. The number of hydrogen-bond acceptors (Lipinski definition) is 2. The standard InChI is InChI=1S/C23H24ClN5O/c1-28-16-13-25-22(28)21(18-7-9-19(24)10-8-18)27-23(30)26-12-4-14-29-15-11-17-5-2-3-6-20(17)29/h2-3,5-11,13,15-16,21H,4,12,14H2,1H3,(H2,26,27,30)/t21-/m1/s1. The highest BCUT2D eigenvalue weighted by atomic mass is 35.5. The van der Waals surface area contributed by atoms with Crippen molar-refractivity contribution >= 4 is 28.5 Å².